The van der Waals surface area contributed by atoms with Crippen molar-refractivity contribution in [2.45, 2.75) is 13.0 Å². The summed E-state index contributed by atoms with van der Waals surface area (Å²) in [4.78, 5) is 11.6. The van der Waals surface area contributed by atoms with Crippen molar-refractivity contribution in [3.63, 3.8) is 0 Å². The highest BCUT2D eigenvalue weighted by Crippen LogP contribution is 2.23. The normalized spacial score (nSPS) is 15.2. The van der Waals surface area contributed by atoms with Gasteiger partial charge in [-0.05, 0) is 18.1 Å². The first-order valence-electron chi connectivity index (χ1n) is 4.97. The van der Waals surface area contributed by atoms with Crippen molar-refractivity contribution in [2.75, 3.05) is 6.61 Å². The van der Waals surface area contributed by atoms with Gasteiger partial charge in [-0.15, -0.1) is 0 Å². The van der Waals surface area contributed by atoms with Crippen LogP contribution in [0.25, 0.3) is 11.0 Å². The summed E-state index contributed by atoms with van der Waals surface area (Å²) >= 11 is 0. The molecule has 15 heavy (non-hydrogen) atoms. The van der Waals surface area contributed by atoms with Crippen LogP contribution in [0.4, 0.5) is 0 Å². The van der Waals surface area contributed by atoms with Crippen LogP contribution in [0, 0.1) is 0 Å². The maximum Gasteiger partial charge on any atom is 0.342 e. The van der Waals surface area contributed by atoms with E-state index in [9.17, 15) is 4.79 Å². The van der Waals surface area contributed by atoms with Crippen molar-refractivity contribution in [2.24, 2.45) is 0 Å². The van der Waals surface area contributed by atoms with Crippen molar-refractivity contribution >= 4 is 11.0 Å². The maximum atomic E-state index is 11.6. The predicted molar refractivity (Wildman–Crippen MR) is 55.8 cm³/mol. The van der Waals surface area contributed by atoms with E-state index >= 15 is 0 Å². The van der Waals surface area contributed by atoms with Gasteiger partial charge in [0.1, 0.15) is 5.58 Å². The summed E-state index contributed by atoms with van der Waals surface area (Å²) in [7, 11) is 0. The molecule has 1 aromatic heterocycles. The van der Waals surface area contributed by atoms with Crippen LogP contribution in [-0.4, -0.2) is 6.61 Å². The SMILES string of the molecule is O=c1oc2ccccc2c2c1COCC2. The fourth-order valence-electron chi connectivity index (χ4n) is 2.03. The standard InChI is InChI=1S/C12H10O3/c13-12-10-7-14-6-5-8(10)9-3-1-2-4-11(9)15-12/h1-4H,5-7H2. The van der Waals surface area contributed by atoms with E-state index in [2.05, 4.69) is 0 Å². The van der Waals surface area contributed by atoms with Gasteiger partial charge in [-0.3, -0.25) is 0 Å². The Balaban J connectivity index is 2.44. The van der Waals surface area contributed by atoms with Gasteiger partial charge in [-0.1, -0.05) is 18.2 Å². The molecule has 0 radical (unpaired) electrons. The number of rotatable bonds is 0. The quantitative estimate of drug-likeness (QED) is 0.612. The monoisotopic (exact) mass is 202 g/mol. The number of para-hydroxylation sites is 1. The van der Waals surface area contributed by atoms with Gasteiger partial charge in [0.25, 0.3) is 0 Å². The number of ether oxygens (including phenoxy) is 1. The zero-order valence-corrected chi connectivity index (χ0v) is 8.16. The van der Waals surface area contributed by atoms with Crippen LogP contribution in [0.1, 0.15) is 11.1 Å². The van der Waals surface area contributed by atoms with E-state index in [0.717, 1.165) is 17.4 Å². The molecule has 0 saturated carbocycles. The lowest BCUT2D eigenvalue weighted by Crippen LogP contribution is -2.19. The lowest BCUT2D eigenvalue weighted by Gasteiger charge is -2.16. The first-order valence-corrected chi connectivity index (χ1v) is 4.97. The molecular formula is C12H10O3. The molecule has 3 heteroatoms. The Hall–Kier alpha value is -1.61. The Labute approximate surface area is 86.3 Å². The van der Waals surface area contributed by atoms with Gasteiger partial charge in [0.15, 0.2) is 0 Å². The molecule has 0 N–H and O–H groups in total. The minimum atomic E-state index is -0.261. The second kappa shape index (κ2) is 3.21. The number of hydrogen-bond donors (Lipinski definition) is 0. The Bertz CT molecular complexity index is 569. The van der Waals surface area contributed by atoms with Crippen molar-refractivity contribution in [1.29, 1.82) is 0 Å². The highest BCUT2D eigenvalue weighted by atomic mass is 16.5. The van der Waals surface area contributed by atoms with Gasteiger partial charge < -0.3 is 9.15 Å². The second-order valence-electron chi connectivity index (χ2n) is 3.65. The van der Waals surface area contributed by atoms with E-state index in [0.29, 0.717) is 24.4 Å². The Kier molecular flexibility index (Phi) is 1.86. The molecule has 0 saturated heterocycles. The highest BCUT2D eigenvalue weighted by Gasteiger charge is 2.17. The van der Waals surface area contributed by atoms with Crippen LogP contribution < -0.4 is 5.63 Å². The molecular weight excluding hydrogens is 192 g/mol. The molecule has 0 bridgehead atoms. The van der Waals surface area contributed by atoms with Crippen LogP contribution in [-0.2, 0) is 17.8 Å². The molecule has 0 aliphatic carbocycles. The molecule has 0 unspecified atom stereocenters. The molecule has 3 rings (SSSR count). The summed E-state index contributed by atoms with van der Waals surface area (Å²) in [6, 6.07) is 7.64. The van der Waals surface area contributed by atoms with Crippen molar-refractivity contribution in [3.8, 4) is 0 Å². The molecule has 0 spiro atoms. The van der Waals surface area contributed by atoms with E-state index in [-0.39, 0.29) is 5.63 Å². The average molecular weight is 202 g/mol. The Morgan fingerprint density at radius 3 is 2.93 bits per heavy atom. The lowest BCUT2D eigenvalue weighted by molar-refractivity contribution is 0.108. The van der Waals surface area contributed by atoms with Crippen LogP contribution in [0.5, 0.6) is 0 Å². The molecule has 2 aromatic rings. The zero-order chi connectivity index (χ0) is 10.3. The summed E-state index contributed by atoms with van der Waals surface area (Å²) in [6.07, 6.45) is 0.793. The largest absolute Gasteiger partial charge is 0.422 e. The van der Waals surface area contributed by atoms with Crippen LogP contribution >= 0.6 is 0 Å². The van der Waals surface area contributed by atoms with Gasteiger partial charge in [-0.2, -0.15) is 0 Å². The second-order valence-corrected chi connectivity index (χ2v) is 3.65. The number of hydrogen-bond acceptors (Lipinski definition) is 3. The zero-order valence-electron chi connectivity index (χ0n) is 8.16. The van der Waals surface area contributed by atoms with Gasteiger partial charge >= 0.3 is 5.63 Å². The minimum absolute atomic E-state index is 0.261. The van der Waals surface area contributed by atoms with Crippen LogP contribution in [0.2, 0.25) is 0 Å². The van der Waals surface area contributed by atoms with Gasteiger partial charge in [-0.25, -0.2) is 4.79 Å². The smallest absolute Gasteiger partial charge is 0.342 e. The van der Waals surface area contributed by atoms with E-state index in [4.69, 9.17) is 9.15 Å². The third-order valence-electron chi connectivity index (χ3n) is 2.77. The molecule has 0 atom stereocenters. The molecule has 1 aliphatic heterocycles. The third-order valence-corrected chi connectivity index (χ3v) is 2.77. The average Bonchev–Trinajstić information content (AvgIpc) is 2.30. The summed E-state index contributed by atoms with van der Waals surface area (Å²) in [6.45, 7) is 1.06. The highest BCUT2D eigenvalue weighted by molar-refractivity contribution is 5.81. The van der Waals surface area contributed by atoms with Gasteiger partial charge in [0.2, 0.25) is 0 Å². The minimum Gasteiger partial charge on any atom is -0.422 e. The molecule has 1 aromatic carbocycles. The summed E-state index contributed by atoms with van der Waals surface area (Å²) in [5.74, 6) is 0. The molecule has 1 aliphatic rings. The van der Waals surface area contributed by atoms with Crippen molar-refractivity contribution in [1.82, 2.24) is 0 Å². The first-order chi connectivity index (χ1) is 7.36. The predicted octanol–water partition coefficient (Wildman–Crippen LogP) is 1.87. The van der Waals surface area contributed by atoms with Crippen molar-refractivity contribution < 1.29 is 9.15 Å². The van der Waals surface area contributed by atoms with E-state index in [1.807, 2.05) is 24.3 Å². The fraction of sp³-hybridized carbons (Fsp3) is 0.250. The Morgan fingerprint density at radius 1 is 1.13 bits per heavy atom. The molecule has 2 heterocycles. The van der Waals surface area contributed by atoms with Gasteiger partial charge in [0.05, 0.1) is 18.8 Å². The maximum absolute atomic E-state index is 11.6. The van der Waals surface area contributed by atoms with Crippen LogP contribution in [0.15, 0.2) is 33.5 Å². The van der Waals surface area contributed by atoms with E-state index in [1.165, 1.54) is 0 Å². The van der Waals surface area contributed by atoms with Gasteiger partial charge in [0, 0.05) is 5.39 Å². The Morgan fingerprint density at radius 2 is 2.00 bits per heavy atom. The fourth-order valence-corrected chi connectivity index (χ4v) is 2.03. The summed E-state index contributed by atoms with van der Waals surface area (Å²) < 4.78 is 10.5. The van der Waals surface area contributed by atoms with E-state index in [1.54, 1.807) is 0 Å². The molecule has 3 nitrogen and oxygen atoms in total. The summed E-state index contributed by atoms with van der Waals surface area (Å²) in [5, 5.41) is 1.04. The topological polar surface area (TPSA) is 39.4 Å². The lowest BCUT2D eigenvalue weighted by atomic mass is 10.0. The molecule has 0 amide bonds. The molecule has 76 valence electrons. The molecule has 0 fully saturated rings. The van der Waals surface area contributed by atoms with Crippen molar-refractivity contribution in [3.05, 3.63) is 45.8 Å². The van der Waals surface area contributed by atoms with Crippen LogP contribution in [0.3, 0.4) is 0 Å². The third kappa shape index (κ3) is 1.27. The first kappa shape index (κ1) is 8.68. The number of benzene rings is 1. The number of fused-ring (bicyclic) bond motifs is 3. The van der Waals surface area contributed by atoms with E-state index < -0.39 is 0 Å². The summed E-state index contributed by atoms with van der Waals surface area (Å²) in [5.41, 5.74) is 2.18.